The van der Waals surface area contributed by atoms with Crippen LogP contribution in [-0.2, 0) is 16.3 Å². The average molecular weight is 242 g/mol. The van der Waals surface area contributed by atoms with Crippen LogP contribution in [0.3, 0.4) is 0 Å². The van der Waals surface area contributed by atoms with Gasteiger partial charge in [-0.25, -0.2) is 13.4 Å². The quantitative estimate of drug-likeness (QED) is 0.850. The van der Waals surface area contributed by atoms with Crippen molar-refractivity contribution in [3.8, 4) is 0 Å². The summed E-state index contributed by atoms with van der Waals surface area (Å²) in [4.78, 5) is 4.21. The zero-order chi connectivity index (χ0) is 12.2. The molecule has 1 N–H and O–H groups in total. The average Bonchev–Trinajstić information content (AvgIpc) is 2.15. The molecule has 1 atom stereocenters. The predicted molar refractivity (Wildman–Crippen MR) is 66.4 cm³/mol. The predicted octanol–water partition coefficient (Wildman–Crippen LogP) is 1.49. The van der Waals surface area contributed by atoms with E-state index in [1.165, 1.54) is 6.26 Å². The lowest BCUT2D eigenvalue weighted by molar-refractivity contribution is 0.598. The Balaban J connectivity index is 2.73. The highest BCUT2D eigenvalue weighted by molar-refractivity contribution is 7.90. The molecule has 0 bridgehead atoms. The Labute approximate surface area is 97.0 Å². The van der Waals surface area contributed by atoms with E-state index < -0.39 is 9.84 Å². The minimum Gasteiger partial charge on any atom is -0.366 e. The summed E-state index contributed by atoms with van der Waals surface area (Å²) in [5.74, 6) is 0.897. The van der Waals surface area contributed by atoms with Crippen molar-refractivity contribution in [2.75, 3.05) is 17.3 Å². The number of hydrogen-bond acceptors (Lipinski definition) is 4. The number of nitrogens with zero attached hydrogens (tertiary/aromatic N) is 1. The van der Waals surface area contributed by atoms with E-state index in [1.54, 1.807) is 6.20 Å². The van der Waals surface area contributed by atoms with Crippen molar-refractivity contribution in [1.82, 2.24) is 4.98 Å². The third-order valence-electron chi connectivity index (χ3n) is 2.21. The molecule has 1 aromatic heterocycles. The van der Waals surface area contributed by atoms with Gasteiger partial charge < -0.3 is 5.32 Å². The minimum atomic E-state index is -2.95. The number of pyridine rings is 1. The van der Waals surface area contributed by atoms with Crippen molar-refractivity contribution in [3.05, 3.63) is 23.9 Å². The van der Waals surface area contributed by atoms with Crippen LogP contribution in [0.25, 0.3) is 0 Å². The van der Waals surface area contributed by atoms with E-state index in [-0.39, 0.29) is 11.8 Å². The van der Waals surface area contributed by atoms with Crippen LogP contribution in [0.5, 0.6) is 0 Å². The van der Waals surface area contributed by atoms with E-state index in [2.05, 4.69) is 10.3 Å². The molecule has 0 aromatic carbocycles. The molecule has 0 amide bonds. The van der Waals surface area contributed by atoms with Crippen LogP contribution in [0.2, 0.25) is 0 Å². The van der Waals surface area contributed by atoms with Gasteiger partial charge in [0.1, 0.15) is 15.7 Å². The monoisotopic (exact) mass is 242 g/mol. The fraction of sp³-hybridized carbons (Fsp3) is 0.545. The molecular formula is C11H18N2O2S. The molecule has 0 aliphatic rings. The number of aromatic nitrogens is 1. The van der Waals surface area contributed by atoms with Crippen molar-refractivity contribution in [2.45, 2.75) is 26.3 Å². The highest BCUT2D eigenvalue weighted by atomic mass is 32.2. The molecule has 0 aliphatic carbocycles. The highest BCUT2D eigenvalue weighted by Gasteiger charge is 2.11. The summed E-state index contributed by atoms with van der Waals surface area (Å²) < 4.78 is 22.3. The van der Waals surface area contributed by atoms with Crippen molar-refractivity contribution in [1.29, 1.82) is 0 Å². The molecule has 0 spiro atoms. The van der Waals surface area contributed by atoms with Crippen LogP contribution in [0, 0.1) is 0 Å². The first-order valence-corrected chi connectivity index (χ1v) is 7.36. The van der Waals surface area contributed by atoms with Crippen LogP contribution in [-0.4, -0.2) is 31.5 Å². The van der Waals surface area contributed by atoms with E-state index in [9.17, 15) is 8.42 Å². The lowest BCUT2D eigenvalue weighted by Crippen LogP contribution is -2.26. The van der Waals surface area contributed by atoms with Crippen molar-refractivity contribution >= 4 is 15.7 Å². The Morgan fingerprint density at radius 1 is 1.50 bits per heavy atom. The van der Waals surface area contributed by atoms with Crippen molar-refractivity contribution in [2.24, 2.45) is 0 Å². The van der Waals surface area contributed by atoms with E-state index in [1.807, 2.05) is 26.0 Å². The lowest BCUT2D eigenvalue weighted by atomic mass is 10.2. The molecule has 1 rings (SSSR count). The van der Waals surface area contributed by atoms with Crippen LogP contribution >= 0.6 is 0 Å². The summed E-state index contributed by atoms with van der Waals surface area (Å²) in [5, 5.41) is 3.13. The van der Waals surface area contributed by atoms with Crippen LogP contribution in [0.15, 0.2) is 18.3 Å². The zero-order valence-corrected chi connectivity index (χ0v) is 10.7. The summed E-state index contributed by atoms with van der Waals surface area (Å²) in [6.45, 7) is 3.89. The van der Waals surface area contributed by atoms with Gasteiger partial charge in [0, 0.05) is 18.5 Å². The van der Waals surface area contributed by atoms with E-state index in [0.29, 0.717) is 0 Å². The number of sulfone groups is 1. The first-order valence-electron chi connectivity index (χ1n) is 5.30. The van der Waals surface area contributed by atoms with Crippen LogP contribution < -0.4 is 5.32 Å². The Morgan fingerprint density at radius 2 is 2.19 bits per heavy atom. The lowest BCUT2D eigenvalue weighted by Gasteiger charge is -2.15. The first-order chi connectivity index (χ1) is 7.42. The van der Waals surface area contributed by atoms with E-state index in [0.717, 1.165) is 17.8 Å². The maximum absolute atomic E-state index is 11.1. The van der Waals surface area contributed by atoms with Gasteiger partial charge in [0.2, 0.25) is 0 Å². The molecule has 1 heterocycles. The molecule has 0 fully saturated rings. The zero-order valence-electron chi connectivity index (χ0n) is 9.90. The Bertz CT molecular complexity index is 443. The number of rotatable bonds is 5. The van der Waals surface area contributed by atoms with Crippen LogP contribution in [0.4, 0.5) is 5.82 Å². The Kier molecular flexibility index (Phi) is 4.29. The maximum Gasteiger partial charge on any atom is 0.149 e. The fourth-order valence-corrected chi connectivity index (χ4v) is 2.57. The largest absolute Gasteiger partial charge is 0.366 e. The SMILES string of the molecule is CCc1cccnc1NC(C)CS(C)(=O)=O. The van der Waals surface area contributed by atoms with Gasteiger partial charge in [0.25, 0.3) is 0 Å². The minimum absolute atomic E-state index is 0.118. The molecule has 0 aliphatic heterocycles. The smallest absolute Gasteiger partial charge is 0.149 e. The van der Waals surface area contributed by atoms with Gasteiger partial charge in [-0.15, -0.1) is 0 Å². The third kappa shape index (κ3) is 4.18. The molecule has 0 saturated heterocycles. The Morgan fingerprint density at radius 3 is 2.75 bits per heavy atom. The summed E-state index contributed by atoms with van der Waals surface area (Å²) in [7, 11) is -2.95. The summed E-state index contributed by atoms with van der Waals surface area (Å²) >= 11 is 0. The van der Waals surface area contributed by atoms with Crippen molar-refractivity contribution < 1.29 is 8.42 Å². The van der Waals surface area contributed by atoms with Crippen molar-refractivity contribution in [3.63, 3.8) is 0 Å². The number of nitrogens with one attached hydrogen (secondary N) is 1. The standard InChI is InChI=1S/C11H18N2O2S/c1-4-10-6-5-7-12-11(10)13-9(2)8-16(3,14)15/h5-7,9H,4,8H2,1-3H3,(H,12,13). The molecule has 16 heavy (non-hydrogen) atoms. The number of aryl methyl sites for hydroxylation is 1. The van der Waals surface area contributed by atoms with E-state index >= 15 is 0 Å². The number of hydrogen-bond donors (Lipinski definition) is 1. The van der Waals surface area contributed by atoms with E-state index in [4.69, 9.17) is 0 Å². The number of anilines is 1. The summed E-state index contributed by atoms with van der Waals surface area (Å²) in [6, 6.07) is 3.74. The van der Waals surface area contributed by atoms with Gasteiger partial charge in [-0.3, -0.25) is 0 Å². The molecule has 1 unspecified atom stereocenters. The second-order valence-electron chi connectivity index (χ2n) is 4.00. The molecule has 5 heteroatoms. The van der Waals surface area contributed by atoms with Gasteiger partial charge in [-0.2, -0.15) is 0 Å². The third-order valence-corrected chi connectivity index (χ3v) is 3.31. The highest BCUT2D eigenvalue weighted by Crippen LogP contribution is 2.13. The molecule has 90 valence electrons. The summed E-state index contributed by atoms with van der Waals surface area (Å²) in [6.07, 6.45) is 3.82. The topological polar surface area (TPSA) is 59.1 Å². The molecule has 0 radical (unpaired) electrons. The molecular weight excluding hydrogens is 224 g/mol. The second kappa shape index (κ2) is 5.30. The first kappa shape index (κ1) is 13.0. The van der Waals surface area contributed by atoms with Crippen LogP contribution in [0.1, 0.15) is 19.4 Å². The maximum atomic E-state index is 11.1. The van der Waals surface area contributed by atoms with Gasteiger partial charge in [0.05, 0.1) is 5.75 Å². The Hall–Kier alpha value is -1.10. The van der Waals surface area contributed by atoms with Gasteiger partial charge >= 0.3 is 0 Å². The van der Waals surface area contributed by atoms with Gasteiger partial charge in [0.15, 0.2) is 0 Å². The molecule has 1 aromatic rings. The normalized spacial score (nSPS) is 13.4. The molecule has 0 saturated carbocycles. The second-order valence-corrected chi connectivity index (χ2v) is 6.19. The molecule has 4 nitrogen and oxygen atoms in total. The summed E-state index contributed by atoms with van der Waals surface area (Å²) in [5.41, 5.74) is 1.10. The van der Waals surface area contributed by atoms with Gasteiger partial charge in [-0.1, -0.05) is 13.0 Å². The fourth-order valence-electron chi connectivity index (χ4n) is 1.58. The van der Waals surface area contributed by atoms with Gasteiger partial charge in [-0.05, 0) is 25.0 Å².